The number of fused-ring (bicyclic) bond motifs is 2. The van der Waals surface area contributed by atoms with Crippen molar-refractivity contribution in [3.63, 3.8) is 0 Å². The van der Waals surface area contributed by atoms with E-state index in [1.165, 1.54) is 16.2 Å². The van der Waals surface area contributed by atoms with Crippen LogP contribution in [0.25, 0.3) is 21.5 Å². The first-order valence-electron chi connectivity index (χ1n) is 15.2. The molecule has 0 bridgehead atoms. The number of piperazine rings is 1. The van der Waals surface area contributed by atoms with Crippen molar-refractivity contribution in [3.05, 3.63) is 96.1 Å². The number of hydrogen-bond donors (Lipinski definition) is 3. The van der Waals surface area contributed by atoms with E-state index >= 15 is 0 Å². The van der Waals surface area contributed by atoms with E-state index in [0.717, 1.165) is 42.4 Å². The van der Waals surface area contributed by atoms with Crippen LogP contribution in [-0.2, 0) is 22.4 Å². The lowest BCUT2D eigenvalue weighted by Crippen LogP contribution is -2.59. The van der Waals surface area contributed by atoms with Crippen LogP contribution in [0.15, 0.2) is 84.9 Å². The molecule has 1 fully saturated rings. The maximum Gasteiger partial charge on any atom is 0.239 e. The van der Waals surface area contributed by atoms with Gasteiger partial charge in [-0.3, -0.25) is 9.59 Å². The quantitative estimate of drug-likeness (QED) is 0.226. The van der Waals surface area contributed by atoms with E-state index in [9.17, 15) is 9.59 Å². The standard InChI is InChI=1S/C35H43N5O2/c36-17-19-38-18-5-10-32-25-39(35(42)33(37)24-27-12-15-29-7-2-4-9-31(29)23-27)20-21-40(32)34(41)16-13-26-11-14-28-6-1-3-8-30(28)22-26/h1-4,6-9,11-12,14-15,22-23,32-33,38H,5,10,13,16-21,24-25,36-37H2/t32-,33+/m0/s1. The molecule has 1 saturated heterocycles. The molecular formula is C35H43N5O2. The van der Waals surface area contributed by atoms with Crippen molar-refractivity contribution in [2.24, 2.45) is 11.5 Å². The fourth-order valence-electron chi connectivity index (χ4n) is 6.05. The molecule has 5 rings (SSSR count). The highest BCUT2D eigenvalue weighted by Gasteiger charge is 2.33. The summed E-state index contributed by atoms with van der Waals surface area (Å²) in [7, 11) is 0. The van der Waals surface area contributed by atoms with E-state index in [2.05, 4.69) is 66.0 Å². The predicted octanol–water partition coefficient (Wildman–Crippen LogP) is 3.86. The van der Waals surface area contributed by atoms with Crippen LogP contribution in [0.5, 0.6) is 0 Å². The van der Waals surface area contributed by atoms with Gasteiger partial charge in [0.15, 0.2) is 0 Å². The number of nitrogens with two attached hydrogens (primary N) is 2. The molecule has 1 aliphatic rings. The Labute approximate surface area is 248 Å². The Morgan fingerprint density at radius 1 is 0.833 bits per heavy atom. The minimum atomic E-state index is -0.617. The summed E-state index contributed by atoms with van der Waals surface area (Å²) in [6.45, 7) is 3.76. The van der Waals surface area contributed by atoms with Crippen molar-refractivity contribution in [2.75, 3.05) is 39.3 Å². The van der Waals surface area contributed by atoms with Crippen LogP contribution in [0.4, 0.5) is 0 Å². The molecule has 2 atom stereocenters. The van der Waals surface area contributed by atoms with E-state index in [4.69, 9.17) is 11.5 Å². The molecule has 5 N–H and O–H groups in total. The van der Waals surface area contributed by atoms with Crippen molar-refractivity contribution in [2.45, 2.75) is 44.2 Å². The Hall–Kier alpha value is -3.78. The molecule has 0 radical (unpaired) electrons. The Bertz CT molecular complexity index is 1510. The first-order valence-corrected chi connectivity index (χ1v) is 15.2. The molecule has 4 aromatic rings. The van der Waals surface area contributed by atoms with Crippen molar-refractivity contribution in [3.8, 4) is 0 Å². The van der Waals surface area contributed by atoms with Gasteiger partial charge in [0, 0.05) is 45.2 Å². The van der Waals surface area contributed by atoms with Gasteiger partial charge >= 0.3 is 0 Å². The maximum atomic E-state index is 13.5. The van der Waals surface area contributed by atoms with Gasteiger partial charge in [0.2, 0.25) is 11.8 Å². The third kappa shape index (κ3) is 7.53. The summed E-state index contributed by atoms with van der Waals surface area (Å²) >= 11 is 0. The molecule has 42 heavy (non-hydrogen) atoms. The number of nitrogens with zero attached hydrogens (tertiary/aromatic N) is 2. The molecule has 220 valence electrons. The minimum absolute atomic E-state index is 0.0284. The van der Waals surface area contributed by atoms with Crippen molar-refractivity contribution in [1.29, 1.82) is 0 Å². The Morgan fingerprint density at radius 2 is 1.48 bits per heavy atom. The molecule has 0 spiro atoms. The molecule has 1 heterocycles. The Balaban J connectivity index is 1.21. The van der Waals surface area contributed by atoms with Crippen LogP contribution < -0.4 is 16.8 Å². The van der Waals surface area contributed by atoms with Gasteiger partial charge in [-0.25, -0.2) is 0 Å². The summed E-state index contributed by atoms with van der Waals surface area (Å²) < 4.78 is 0. The summed E-state index contributed by atoms with van der Waals surface area (Å²) in [5.74, 6) is 0.105. The third-order valence-electron chi connectivity index (χ3n) is 8.35. The van der Waals surface area contributed by atoms with E-state index in [-0.39, 0.29) is 17.9 Å². The number of nitrogens with one attached hydrogen (secondary N) is 1. The second-order valence-corrected chi connectivity index (χ2v) is 11.4. The molecular weight excluding hydrogens is 522 g/mol. The van der Waals surface area contributed by atoms with Crippen LogP contribution in [0, 0.1) is 0 Å². The van der Waals surface area contributed by atoms with E-state index in [0.29, 0.717) is 45.4 Å². The lowest BCUT2D eigenvalue weighted by molar-refractivity contribution is -0.143. The van der Waals surface area contributed by atoms with Crippen molar-refractivity contribution < 1.29 is 9.59 Å². The van der Waals surface area contributed by atoms with E-state index in [1.807, 2.05) is 34.1 Å². The van der Waals surface area contributed by atoms with Gasteiger partial charge in [0.05, 0.1) is 6.04 Å². The average molecular weight is 566 g/mol. The highest BCUT2D eigenvalue weighted by Crippen LogP contribution is 2.21. The fraction of sp³-hybridized carbons (Fsp3) is 0.371. The van der Waals surface area contributed by atoms with Gasteiger partial charge in [-0.2, -0.15) is 0 Å². The van der Waals surface area contributed by atoms with Crippen LogP contribution in [0.3, 0.4) is 0 Å². The SMILES string of the molecule is NCCNCCC[C@H]1CN(C(=O)[C@H](N)Cc2ccc3ccccc3c2)CCN1C(=O)CCc1ccc2ccccc2c1. The largest absolute Gasteiger partial charge is 0.338 e. The molecule has 0 saturated carbocycles. The second-order valence-electron chi connectivity index (χ2n) is 11.4. The lowest BCUT2D eigenvalue weighted by atomic mass is 9.99. The summed E-state index contributed by atoms with van der Waals surface area (Å²) in [6, 6.07) is 28.5. The van der Waals surface area contributed by atoms with Crippen molar-refractivity contribution in [1.82, 2.24) is 15.1 Å². The van der Waals surface area contributed by atoms with Gasteiger partial charge in [-0.05, 0) is 64.9 Å². The first kappa shape index (κ1) is 29.7. The molecule has 1 aliphatic heterocycles. The van der Waals surface area contributed by atoms with E-state index in [1.54, 1.807) is 0 Å². The van der Waals surface area contributed by atoms with Gasteiger partial charge in [0.1, 0.15) is 0 Å². The molecule has 0 aromatic heterocycles. The summed E-state index contributed by atoms with van der Waals surface area (Å²) in [5.41, 5.74) is 14.3. The summed E-state index contributed by atoms with van der Waals surface area (Å²) in [5, 5.41) is 8.06. The number of benzene rings is 4. The Kier molecular flexibility index (Phi) is 10.2. The highest BCUT2D eigenvalue weighted by molar-refractivity contribution is 5.85. The highest BCUT2D eigenvalue weighted by atomic mass is 16.2. The zero-order chi connectivity index (χ0) is 29.3. The summed E-state index contributed by atoms with van der Waals surface area (Å²) in [4.78, 5) is 30.9. The zero-order valence-corrected chi connectivity index (χ0v) is 24.4. The van der Waals surface area contributed by atoms with Gasteiger partial charge < -0.3 is 26.6 Å². The Morgan fingerprint density at radius 3 is 2.17 bits per heavy atom. The zero-order valence-electron chi connectivity index (χ0n) is 24.4. The second kappa shape index (κ2) is 14.4. The number of carbonyl (C=O) groups is 2. The average Bonchev–Trinajstić information content (AvgIpc) is 3.03. The number of amides is 2. The minimum Gasteiger partial charge on any atom is -0.338 e. The molecule has 4 aromatic carbocycles. The lowest BCUT2D eigenvalue weighted by Gasteiger charge is -2.42. The molecule has 0 unspecified atom stereocenters. The summed E-state index contributed by atoms with van der Waals surface area (Å²) in [6.07, 6.45) is 3.37. The van der Waals surface area contributed by atoms with E-state index < -0.39 is 6.04 Å². The topological polar surface area (TPSA) is 105 Å². The van der Waals surface area contributed by atoms with Gasteiger partial charge in [-0.1, -0.05) is 84.9 Å². The molecule has 7 heteroatoms. The number of hydrogen-bond acceptors (Lipinski definition) is 5. The third-order valence-corrected chi connectivity index (χ3v) is 8.35. The molecule has 2 amide bonds. The number of carbonyl (C=O) groups excluding carboxylic acids is 2. The smallest absolute Gasteiger partial charge is 0.239 e. The maximum absolute atomic E-state index is 13.5. The van der Waals surface area contributed by atoms with Crippen LogP contribution in [0.1, 0.15) is 30.4 Å². The van der Waals surface area contributed by atoms with Crippen LogP contribution in [0.2, 0.25) is 0 Å². The number of rotatable bonds is 12. The fourth-order valence-corrected chi connectivity index (χ4v) is 6.05. The van der Waals surface area contributed by atoms with Crippen LogP contribution >= 0.6 is 0 Å². The first-order chi connectivity index (χ1) is 20.5. The normalized spacial score (nSPS) is 16.2. The van der Waals surface area contributed by atoms with Gasteiger partial charge in [-0.15, -0.1) is 0 Å². The van der Waals surface area contributed by atoms with Gasteiger partial charge in [0.25, 0.3) is 0 Å². The van der Waals surface area contributed by atoms with Crippen LogP contribution in [-0.4, -0.2) is 73.0 Å². The number of aryl methyl sites for hydroxylation is 1. The predicted molar refractivity (Wildman–Crippen MR) is 171 cm³/mol. The van der Waals surface area contributed by atoms with Crippen molar-refractivity contribution >= 4 is 33.4 Å². The molecule has 7 nitrogen and oxygen atoms in total. The monoisotopic (exact) mass is 565 g/mol. The molecule has 0 aliphatic carbocycles.